The Balaban J connectivity index is 1.75. The van der Waals surface area contributed by atoms with E-state index < -0.39 is 0 Å². The molecule has 1 aromatic rings. The third-order valence-corrected chi connectivity index (χ3v) is 4.92. The van der Waals surface area contributed by atoms with Crippen molar-refractivity contribution in [1.82, 2.24) is 0 Å². The number of carbonyl (C=O) groups excluding carboxylic acids is 1. The first-order valence-corrected chi connectivity index (χ1v) is 7.26. The number of rotatable bonds is 2. The summed E-state index contributed by atoms with van der Waals surface area (Å²) in [5, 5.41) is 3.12. The van der Waals surface area contributed by atoms with Gasteiger partial charge < -0.3 is 11.1 Å². The van der Waals surface area contributed by atoms with E-state index in [0.717, 1.165) is 22.5 Å². The molecule has 2 aliphatic rings. The SMILES string of the molecule is Cc1ccc(N)c(C)c1NC(=O)C1C2CCCCC21. The molecule has 102 valence electrons. The fourth-order valence-electron chi connectivity index (χ4n) is 3.64. The second-order valence-corrected chi connectivity index (χ2v) is 6.10. The summed E-state index contributed by atoms with van der Waals surface area (Å²) in [5.74, 6) is 1.75. The molecule has 3 rings (SSSR count). The van der Waals surface area contributed by atoms with Gasteiger partial charge in [0.1, 0.15) is 0 Å². The fraction of sp³-hybridized carbons (Fsp3) is 0.562. The molecule has 2 atom stereocenters. The van der Waals surface area contributed by atoms with Crippen LogP contribution in [0.1, 0.15) is 36.8 Å². The summed E-state index contributed by atoms with van der Waals surface area (Å²) in [5.41, 5.74) is 9.65. The molecule has 0 heterocycles. The van der Waals surface area contributed by atoms with Gasteiger partial charge in [-0.25, -0.2) is 0 Å². The second-order valence-electron chi connectivity index (χ2n) is 6.10. The number of fused-ring (bicyclic) bond motifs is 1. The largest absolute Gasteiger partial charge is 0.398 e. The molecule has 3 N–H and O–H groups in total. The predicted octanol–water partition coefficient (Wildman–Crippen LogP) is 3.26. The first-order valence-electron chi connectivity index (χ1n) is 7.26. The van der Waals surface area contributed by atoms with Crippen LogP contribution in [0.5, 0.6) is 0 Å². The minimum Gasteiger partial charge on any atom is -0.398 e. The number of benzene rings is 1. The van der Waals surface area contributed by atoms with E-state index >= 15 is 0 Å². The minimum atomic E-state index is 0.203. The van der Waals surface area contributed by atoms with E-state index in [0.29, 0.717) is 11.8 Å². The van der Waals surface area contributed by atoms with Gasteiger partial charge in [-0.2, -0.15) is 0 Å². The Bertz CT molecular complexity index is 512. The molecular formula is C16H22N2O. The maximum absolute atomic E-state index is 12.4. The smallest absolute Gasteiger partial charge is 0.228 e. The van der Waals surface area contributed by atoms with Crippen LogP contribution in [0, 0.1) is 31.6 Å². The van der Waals surface area contributed by atoms with Crippen molar-refractivity contribution in [3.05, 3.63) is 23.3 Å². The van der Waals surface area contributed by atoms with Gasteiger partial charge in [0.2, 0.25) is 5.91 Å². The average Bonchev–Trinajstić information content (AvgIpc) is 3.13. The summed E-state index contributed by atoms with van der Waals surface area (Å²) in [6.45, 7) is 3.99. The number of hydrogen-bond acceptors (Lipinski definition) is 2. The molecule has 3 nitrogen and oxygen atoms in total. The fourth-order valence-corrected chi connectivity index (χ4v) is 3.64. The quantitative estimate of drug-likeness (QED) is 0.800. The zero-order chi connectivity index (χ0) is 13.6. The highest BCUT2D eigenvalue weighted by Gasteiger charge is 2.54. The molecule has 0 spiro atoms. The Morgan fingerprint density at radius 3 is 2.47 bits per heavy atom. The lowest BCUT2D eigenvalue weighted by atomic mass is 10.0. The Kier molecular flexibility index (Phi) is 3.00. The van der Waals surface area contributed by atoms with E-state index in [4.69, 9.17) is 5.73 Å². The molecule has 2 unspecified atom stereocenters. The molecule has 1 aromatic carbocycles. The molecule has 19 heavy (non-hydrogen) atoms. The highest BCUT2D eigenvalue weighted by molar-refractivity contribution is 5.96. The number of nitrogens with one attached hydrogen (secondary N) is 1. The van der Waals surface area contributed by atoms with Crippen LogP contribution in [0.25, 0.3) is 0 Å². The van der Waals surface area contributed by atoms with Crippen LogP contribution in [0.3, 0.4) is 0 Å². The summed E-state index contributed by atoms with van der Waals surface area (Å²) >= 11 is 0. The van der Waals surface area contributed by atoms with Crippen molar-refractivity contribution in [1.29, 1.82) is 0 Å². The van der Waals surface area contributed by atoms with Gasteiger partial charge in [0.15, 0.2) is 0 Å². The van der Waals surface area contributed by atoms with Gasteiger partial charge in [-0.15, -0.1) is 0 Å². The predicted molar refractivity (Wildman–Crippen MR) is 77.9 cm³/mol. The number of carbonyl (C=O) groups is 1. The van der Waals surface area contributed by atoms with Crippen LogP contribution in [-0.2, 0) is 4.79 Å². The second kappa shape index (κ2) is 4.55. The summed E-state index contributed by atoms with van der Waals surface area (Å²) in [6.07, 6.45) is 5.05. The summed E-state index contributed by atoms with van der Waals surface area (Å²) in [7, 11) is 0. The van der Waals surface area contributed by atoms with Crippen LogP contribution in [0.4, 0.5) is 11.4 Å². The lowest BCUT2D eigenvalue weighted by Crippen LogP contribution is -2.17. The zero-order valence-corrected chi connectivity index (χ0v) is 11.7. The lowest BCUT2D eigenvalue weighted by Gasteiger charge is -2.13. The van der Waals surface area contributed by atoms with Crippen LogP contribution < -0.4 is 11.1 Å². The zero-order valence-electron chi connectivity index (χ0n) is 11.7. The van der Waals surface area contributed by atoms with Crippen molar-refractivity contribution in [2.75, 3.05) is 11.1 Å². The first kappa shape index (κ1) is 12.5. The van der Waals surface area contributed by atoms with Crippen molar-refractivity contribution in [2.24, 2.45) is 17.8 Å². The van der Waals surface area contributed by atoms with Crippen molar-refractivity contribution in [2.45, 2.75) is 39.5 Å². The van der Waals surface area contributed by atoms with Gasteiger partial charge in [0.05, 0.1) is 0 Å². The number of anilines is 2. The van der Waals surface area contributed by atoms with E-state index in [1.165, 1.54) is 25.7 Å². The number of nitrogens with two attached hydrogens (primary N) is 1. The van der Waals surface area contributed by atoms with Crippen LogP contribution in [0.2, 0.25) is 0 Å². The van der Waals surface area contributed by atoms with Gasteiger partial charge in [-0.3, -0.25) is 4.79 Å². The summed E-state index contributed by atoms with van der Waals surface area (Å²) in [6, 6.07) is 3.87. The van der Waals surface area contributed by atoms with Gasteiger partial charge in [0, 0.05) is 17.3 Å². The number of aryl methyl sites for hydroxylation is 1. The number of amides is 1. The van der Waals surface area contributed by atoms with E-state index in [1.807, 2.05) is 26.0 Å². The summed E-state index contributed by atoms with van der Waals surface area (Å²) < 4.78 is 0. The van der Waals surface area contributed by atoms with Gasteiger partial charge in [0.25, 0.3) is 0 Å². The molecule has 0 radical (unpaired) electrons. The highest BCUT2D eigenvalue weighted by atomic mass is 16.2. The monoisotopic (exact) mass is 258 g/mol. The van der Waals surface area contributed by atoms with E-state index in [2.05, 4.69) is 5.32 Å². The summed E-state index contributed by atoms with van der Waals surface area (Å²) in [4.78, 5) is 12.4. The van der Waals surface area contributed by atoms with Crippen LogP contribution >= 0.6 is 0 Å². The van der Waals surface area contributed by atoms with Crippen molar-refractivity contribution < 1.29 is 4.79 Å². The number of nitrogen functional groups attached to an aromatic ring is 1. The third kappa shape index (κ3) is 2.11. The molecule has 3 heteroatoms. The minimum absolute atomic E-state index is 0.203. The highest BCUT2D eigenvalue weighted by Crippen LogP contribution is 2.55. The van der Waals surface area contributed by atoms with Gasteiger partial charge >= 0.3 is 0 Å². The van der Waals surface area contributed by atoms with E-state index in [-0.39, 0.29) is 11.8 Å². The molecule has 0 aromatic heterocycles. The topological polar surface area (TPSA) is 55.1 Å². The standard InChI is InChI=1S/C16H22N2O/c1-9-7-8-13(17)10(2)15(9)18-16(19)14-11-5-3-4-6-12(11)14/h7-8,11-12,14H,3-6,17H2,1-2H3,(H,18,19). The average molecular weight is 258 g/mol. The molecule has 2 saturated carbocycles. The Morgan fingerprint density at radius 2 is 1.84 bits per heavy atom. The van der Waals surface area contributed by atoms with Crippen molar-refractivity contribution in [3.63, 3.8) is 0 Å². The molecule has 0 aliphatic heterocycles. The van der Waals surface area contributed by atoms with E-state index in [9.17, 15) is 4.79 Å². The Morgan fingerprint density at radius 1 is 1.21 bits per heavy atom. The first-order chi connectivity index (χ1) is 9.09. The van der Waals surface area contributed by atoms with Crippen LogP contribution in [-0.4, -0.2) is 5.91 Å². The molecule has 1 amide bonds. The molecular weight excluding hydrogens is 236 g/mol. The van der Waals surface area contributed by atoms with Gasteiger partial charge in [-0.1, -0.05) is 18.9 Å². The maximum Gasteiger partial charge on any atom is 0.228 e. The normalized spacial score (nSPS) is 28.6. The van der Waals surface area contributed by atoms with Gasteiger partial charge in [-0.05, 0) is 55.7 Å². The van der Waals surface area contributed by atoms with Crippen molar-refractivity contribution in [3.8, 4) is 0 Å². The maximum atomic E-state index is 12.4. The Hall–Kier alpha value is -1.51. The van der Waals surface area contributed by atoms with Crippen molar-refractivity contribution >= 4 is 17.3 Å². The third-order valence-electron chi connectivity index (χ3n) is 4.92. The number of hydrogen-bond donors (Lipinski definition) is 2. The lowest BCUT2D eigenvalue weighted by molar-refractivity contribution is -0.117. The molecule has 0 bridgehead atoms. The molecule has 2 fully saturated rings. The molecule has 2 aliphatic carbocycles. The Labute approximate surface area is 114 Å². The van der Waals surface area contributed by atoms with E-state index in [1.54, 1.807) is 0 Å². The van der Waals surface area contributed by atoms with Crippen LogP contribution in [0.15, 0.2) is 12.1 Å². The molecule has 0 saturated heterocycles.